The summed E-state index contributed by atoms with van der Waals surface area (Å²) >= 11 is 0. The highest BCUT2D eigenvalue weighted by Crippen LogP contribution is 2.43. The summed E-state index contributed by atoms with van der Waals surface area (Å²) < 4.78 is 30.7. The zero-order valence-electron chi connectivity index (χ0n) is 52.3. The van der Waals surface area contributed by atoms with Crippen LogP contribution < -0.4 is 5.32 Å². The molecule has 1 amide bonds. The molecule has 0 aliphatic carbocycles. The van der Waals surface area contributed by atoms with E-state index in [1.54, 1.807) is 0 Å². The van der Waals surface area contributed by atoms with Crippen LogP contribution in [0.3, 0.4) is 0 Å². The summed E-state index contributed by atoms with van der Waals surface area (Å²) in [6.45, 7) is 6.90. The molecule has 9 nitrogen and oxygen atoms in total. The molecule has 0 fully saturated rings. The van der Waals surface area contributed by atoms with E-state index in [9.17, 15) is 19.0 Å². The van der Waals surface area contributed by atoms with Gasteiger partial charge in [-0.25, -0.2) is 4.57 Å². The number of hydrogen-bond donors (Lipinski definition) is 2. The maximum Gasteiger partial charge on any atom is 0.472 e. The van der Waals surface area contributed by atoms with E-state index >= 15 is 0 Å². The molecule has 0 aromatic carbocycles. The van der Waals surface area contributed by atoms with Crippen LogP contribution >= 0.6 is 7.82 Å². The van der Waals surface area contributed by atoms with Crippen molar-refractivity contribution in [1.29, 1.82) is 0 Å². The molecule has 0 aliphatic rings. The van der Waals surface area contributed by atoms with Crippen molar-refractivity contribution in [3.05, 3.63) is 85.1 Å². The van der Waals surface area contributed by atoms with Gasteiger partial charge in [0.05, 0.1) is 33.8 Å². The Bertz CT molecular complexity index is 1630. The van der Waals surface area contributed by atoms with E-state index < -0.39 is 20.0 Å². The predicted molar refractivity (Wildman–Crippen MR) is 341 cm³/mol. The number of carbonyl (C=O) groups is 2. The molecule has 3 unspecified atom stereocenters. The third-order valence-electron chi connectivity index (χ3n) is 14.3. The van der Waals surface area contributed by atoms with Gasteiger partial charge in [-0.05, 0) is 83.1 Å². The molecule has 2 N–H and O–H groups in total. The van der Waals surface area contributed by atoms with Crippen LogP contribution in [0.2, 0.25) is 0 Å². The second kappa shape index (κ2) is 58.4. The van der Waals surface area contributed by atoms with Gasteiger partial charge in [-0.15, -0.1) is 0 Å². The molecule has 0 saturated heterocycles. The molecule has 0 aromatic rings. The van der Waals surface area contributed by atoms with Crippen LogP contribution in [0.5, 0.6) is 0 Å². The average Bonchev–Trinajstić information content (AvgIpc) is 3.41. The van der Waals surface area contributed by atoms with Crippen molar-refractivity contribution in [1.82, 2.24) is 5.32 Å². The maximum absolute atomic E-state index is 13.5. The number of rotatable bonds is 59. The second-order valence-electron chi connectivity index (χ2n) is 23.3. The van der Waals surface area contributed by atoms with Crippen LogP contribution in [0.4, 0.5) is 0 Å². The van der Waals surface area contributed by atoms with Gasteiger partial charge in [0.1, 0.15) is 19.3 Å². The Labute approximate surface area is 488 Å². The quantitative estimate of drug-likeness (QED) is 0.0205. The van der Waals surface area contributed by atoms with Crippen LogP contribution in [0.25, 0.3) is 0 Å². The number of phosphoric acid groups is 1. The third-order valence-corrected chi connectivity index (χ3v) is 15.3. The summed E-state index contributed by atoms with van der Waals surface area (Å²) in [6, 6.07) is -0.853. The Morgan fingerprint density at radius 2 is 0.810 bits per heavy atom. The van der Waals surface area contributed by atoms with Crippen molar-refractivity contribution in [2.45, 2.75) is 303 Å². The van der Waals surface area contributed by atoms with Gasteiger partial charge >= 0.3 is 13.8 Å². The summed E-state index contributed by atoms with van der Waals surface area (Å²) in [5.41, 5.74) is 0. The molecule has 79 heavy (non-hydrogen) atoms. The number of nitrogens with zero attached hydrogens (tertiary/aromatic N) is 1. The summed E-state index contributed by atoms with van der Waals surface area (Å²) in [5, 5.41) is 3.06. The minimum Gasteiger partial charge on any atom is -0.456 e. The highest BCUT2D eigenvalue weighted by Gasteiger charge is 2.30. The molecule has 0 radical (unpaired) electrons. The first-order valence-electron chi connectivity index (χ1n) is 32.9. The number of likely N-dealkylation sites (N-methyl/N-ethyl adjacent to an activating group) is 1. The lowest BCUT2D eigenvalue weighted by Gasteiger charge is -2.27. The minimum atomic E-state index is -4.45. The highest BCUT2D eigenvalue weighted by molar-refractivity contribution is 7.47. The van der Waals surface area contributed by atoms with Crippen molar-refractivity contribution < 1.29 is 37.3 Å². The molecule has 10 heteroatoms. The van der Waals surface area contributed by atoms with Gasteiger partial charge in [0.25, 0.3) is 0 Å². The molecule has 0 rings (SSSR count). The van der Waals surface area contributed by atoms with Crippen LogP contribution in [0, 0.1) is 0 Å². The number of phosphoric ester groups is 1. The standard InChI is InChI=1S/C69H125N2O7P/c1-7-10-13-16-19-22-25-27-29-30-31-32-33-34-35-36-37-38-39-40-42-44-47-50-53-56-59-62-69(73)78-67(60-57-54-51-48-45-24-21-18-15-12-9-3)66(65-77-79(74,75)76-64-63-71(4,5)6)70-68(72)61-58-55-52-49-46-43-41-28-26-23-20-17-14-11-8-2/h10,13,19,22,27,29,31-32,34-35,37-38,57,60,66-67H,7-9,11-12,14-18,20-21,23-26,28,30,33,36,39-56,58-59,61-65H2,1-6H3,(H-,70,72,74,75)/p+1/b13-10-,22-19-,29-27-,32-31-,35-34-,38-37-,60-57-. The fourth-order valence-corrected chi connectivity index (χ4v) is 10.0. The normalized spacial score (nSPS) is 14.2. The van der Waals surface area contributed by atoms with Gasteiger partial charge in [0.15, 0.2) is 0 Å². The average molecular weight is 1130 g/mol. The monoisotopic (exact) mass is 1130 g/mol. The lowest BCUT2D eigenvalue weighted by Crippen LogP contribution is -2.47. The molecular weight excluding hydrogens is 1000 g/mol. The summed E-state index contributed by atoms with van der Waals surface area (Å²) in [4.78, 5) is 37.7. The molecule has 0 heterocycles. The number of quaternary nitrogens is 1. The number of allylic oxidation sites excluding steroid dienone is 13. The smallest absolute Gasteiger partial charge is 0.456 e. The van der Waals surface area contributed by atoms with Gasteiger partial charge in [0, 0.05) is 12.8 Å². The molecule has 0 aliphatic heterocycles. The largest absolute Gasteiger partial charge is 0.472 e. The fraction of sp³-hybridized carbons (Fsp3) is 0.768. The van der Waals surface area contributed by atoms with Gasteiger partial charge in [-0.1, -0.05) is 280 Å². The van der Waals surface area contributed by atoms with E-state index in [4.69, 9.17) is 13.8 Å². The van der Waals surface area contributed by atoms with Crippen molar-refractivity contribution in [2.75, 3.05) is 40.9 Å². The Hall–Kier alpha value is -2.81. The first-order chi connectivity index (χ1) is 38.4. The molecule has 3 atom stereocenters. The number of hydrogen-bond acceptors (Lipinski definition) is 6. The van der Waals surface area contributed by atoms with E-state index in [0.29, 0.717) is 17.4 Å². The molecule has 458 valence electrons. The lowest BCUT2D eigenvalue weighted by molar-refractivity contribution is -0.870. The second-order valence-corrected chi connectivity index (χ2v) is 24.7. The first kappa shape index (κ1) is 76.2. The van der Waals surface area contributed by atoms with Crippen LogP contribution in [0.1, 0.15) is 290 Å². The zero-order chi connectivity index (χ0) is 57.9. The highest BCUT2D eigenvalue weighted by atomic mass is 31.2. The van der Waals surface area contributed by atoms with Gasteiger partial charge in [0.2, 0.25) is 5.91 Å². The fourth-order valence-electron chi connectivity index (χ4n) is 9.30. The summed E-state index contributed by atoms with van der Waals surface area (Å²) in [5.74, 6) is -0.510. The SMILES string of the molecule is CC/C=C\C/C=C\C/C=C\C/C=C\C/C=C\C/C=C\CCCCCCCCCCC(=O)OC(/C=C\CCCCCCCCCCC)C(COP(=O)(O)OCC[N+](C)(C)C)NC(=O)CCCCCCCCCCCCCCCCC. The summed E-state index contributed by atoms with van der Waals surface area (Å²) in [7, 11) is 1.49. The Morgan fingerprint density at radius 1 is 0.456 bits per heavy atom. The third kappa shape index (κ3) is 59.6. The topological polar surface area (TPSA) is 111 Å². The lowest BCUT2D eigenvalue weighted by atomic mass is 10.0. The minimum absolute atomic E-state index is 0.0373. The molecular formula is C69H126N2O7P+. The van der Waals surface area contributed by atoms with Gasteiger partial charge in [-0.3, -0.25) is 18.6 Å². The van der Waals surface area contributed by atoms with Crippen molar-refractivity contribution >= 4 is 19.7 Å². The van der Waals surface area contributed by atoms with Crippen LogP contribution in [-0.4, -0.2) is 74.3 Å². The first-order valence-corrected chi connectivity index (χ1v) is 34.4. The van der Waals surface area contributed by atoms with Crippen molar-refractivity contribution in [3.63, 3.8) is 0 Å². The zero-order valence-corrected chi connectivity index (χ0v) is 53.2. The number of ether oxygens (including phenoxy) is 1. The predicted octanol–water partition coefficient (Wildman–Crippen LogP) is 20.6. The molecule has 0 aromatic heterocycles. The van der Waals surface area contributed by atoms with Gasteiger partial charge < -0.3 is 19.4 Å². The van der Waals surface area contributed by atoms with Crippen molar-refractivity contribution in [3.8, 4) is 0 Å². The summed E-state index contributed by atoms with van der Waals surface area (Å²) in [6.07, 6.45) is 77.3. The molecule has 0 bridgehead atoms. The Balaban J connectivity index is 5.08. The number of nitrogens with one attached hydrogen (secondary N) is 1. The Morgan fingerprint density at radius 3 is 1.22 bits per heavy atom. The van der Waals surface area contributed by atoms with Crippen molar-refractivity contribution in [2.24, 2.45) is 0 Å². The van der Waals surface area contributed by atoms with Gasteiger partial charge in [-0.2, -0.15) is 0 Å². The van der Waals surface area contributed by atoms with E-state index in [0.717, 1.165) is 109 Å². The van der Waals surface area contributed by atoms with E-state index in [2.05, 4.69) is 99.0 Å². The van der Waals surface area contributed by atoms with E-state index in [1.165, 1.54) is 148 Å². The van der Waals surface area contributed by atoms with Crippen LogP contribution in [0.15, 0.2) is 85.1 Å². The number of amides is 1. The maximum atomic E-state index is 13.5. The number of unbranched alkanes of at least 4 members (excludes halogenated alkanes) is 31. The van der Waals surface area contributed by atoms with E-state index in [1.807, 2.05) is 33.3 Å². The molecule has 0 spiro atoms. The Kier molecular flexibility index (Phi) is 56.3. The number of esters is 1. The van der Waals surface area contributed by atoms with Crippen LogP contribution in [-0.2, 0) is 27.9 Å². The molecule has 0 saturated carbocycles. The van der Waals surface area contributed by atoms with E-state index in [-0.39, 0.29) is 31.5 Å². The number of carbonyl (C=O) groups excluding carboxylic acids is 2.